The Balaban J connectivity index is 2.13. The Hall–Kier alpha value is -2.10. The van der Waals surface area contributed by atoms with Gasteiger partial charge in [0.05, 0.1) is 0 Å². The molecule has 1 N–H and O–H groups in total. The van der Waals surface area contributed by atoms with E-state index in [1.807, 2.05) is 12.1 Å². The van der Waals surface area contributed by atoms with Gasteiger partial charge in [0, 0.05) is 17.3 Å². The van der Waals surface area contributed by atoms with E-state index in [0.717, 1.165) is 23.9 Å². The molecule has 106 valence electrons. The fourth-order valence-electron chi connectivity index (χ4n) is 1.72. The molecule has 0 fully saturated rings. The molecular weight excluding hydrogens is 260 g/mol. The van der Waals surface area contributed by atoms with Crippen LogP contribution in [0.15, 0.2) is 42.5 Å². The van der Waals surface area contributed by atoms with Crippen LogP contribution in [0.5, 0.6) is 11.5 Å². The van der Waals surface area contributed by atoms with Crippen LogP contribution >= 0.6 is 0 Å². The maximum Gasteiger partial charge on any atom is 0.165 e. The topological polar surface area (TPSA) is 21.3 Å². The summed E-state index contributed by atoms with van der Waals surface area (Å²) in [7, 11) is 0. The number of ether oxygens (including phenoxy) is 1. The molecule has 0 bridgehead atoms. The molecule has 0 spiro atoms. The normalized spacial score (nSPS) is 11.2. The second-order valence-corrected chi connectivity index (χ2v) is 5.58. The zero-order chi connectivity index (χ0) is 14.8. The molecule has 2 rings (SSSR count). The molecule has 0 radical (unpaired) electrons. The van der Waals surface area contributed by atoms with Crippen LogP contribution < -0.4 is 10.1 Å². The lowest BCUT2D eigenvalue weighted by molar-refractivity contribution is 0.436. The van der Waals surface area contributed by atoms with Crippen molar-refractivity contribution in [3.05, 3.63) is 54.1 Å². The van der Waals surface area contributed by atoms with Gasteiger partial charge in [0.15, 0.2) is 11.6 Å². The standard InChI is InChI=1S/C16H17F2NO/c1-16(2,3)19-12-5-7-13(8-6-12)20-15-10-11(17)4-9-14(15)18/h4-10,19H,1-3H3. The van der Waals surface area contributed by atoms with Crippen LogP contribution in [0.4, 0.5) is 14.5 Å². The summed E-state index contributed by atoms with van der Waals surface area (Å²) in [5.41, 5.74) is 0.890. The molecule has 4 heteroatoms. The number of anilines is 1. The van der Waals surface area contributed by atoms with E-state index in [0.29, 0.717) is 5.75 Å². The van der Waals surface area contributed by atoms with E-state index < -0.39 is 11.6 Å². The van der Waals surface area contributed by atoms with Gasteiger partial charge in [0.2, 0.25) is 0 Å². The van der Waals surface area contributed by atoms with E-state index in [2.05, 4.69) is 26.1 Å². The van der Waals surface area contributed by atoms with Gasteiger partial charge < -0.3 is 10.1 Å². The quantitative estimate of drug-likeness (QED) is 0.855. The minimum absolute atomic E-state index is 0.0446. The Morgan fingerprint density at radius 2 is 1.60 bits per heavy atom. The molecule has 20 heavy (non-hydrogen) atoms. The molecule has 0 saturated heterocycles. The first kappa shape index (κ1) is 14.3. The summed E-state index contributed by atoms with van der Waals surface area (Å²) in [6, 6.07) is 10.2. The van der Waals surface area contributed by atoms with Gasteiger partial charge in [-0.25, -0.2) is 8.78 Å². The van der Waals surface area contributed by atoms with Crippen LogP contribution in [0, 0.1) is 11.6 Å². The largest absolute Gasteiger partial charge is 0.454 e. The Morgan fingerprint density at radius 3 is 2.20 bits per heavy atom. The van der Waals surface area contributed by atoms with E-state index >= 15 is 0 Å². The molecule has 2 aromatic carbocycles. The third-order valence-electron chi connectivity index (χ3n) is 2.49. The average molecular weight is 277 g/mol. The summed E-state index contributed by atoms with van der Waals surface area (Å²) in [6.07, 6.45) is 0. The summed E-state index contributed by atoms with van der Waals surface area (Å²) >= 11 is 0. The molecule has 0 amide bonds. The van der Waals surface area contributed by atoms with Crippen LogP contribution in [-0.2, 0) is 0 Å². The Morgan fingerprint density at radius 1 is 0.950 bits per heavy atom. The Labute approximate surface area is 117 Å². The fourth-order valence-corrected chi connectivity index (χ4v) is 1.72. The second kappa shape index (κ2) is 5.49. The van der Waals surface area contributed by atoms with Crippen molar-refractivity contribution >= 4 is 5.69 Å². The maximum absolute atomic E-state index is 13.5. The highest BCUT2D eigenvalue weighted by molar-refractivity contribution is 5.48. The van der Waals surface area contributed by atoms with Crippen LogP contribution in [0.3, 0.4) is 0 Å². The molecule has 0 aliphatic carbocycles. The van der Waals surface area contributed by atoms with Gasteiger partial charge in [-0.05, 0) is 57.2 Å². The molecule has 0 atom stereocenters. The van der Waals surface area contributed by atoms with Gasteiger partial charge in [0.1, 0.15) is 11.6 Å². The predicted molar refractivity (Wildman–Crippen MR) is 76.2 cm³/mol. The Bertz CT molecular complexity index is 588. The van der Waals surface area contributed by atoms with Crippen LogP contribution in [-0.4, -0.2) is 5.54 Å². The van der Waals surface area contributed by atoms with Crippen LogP contribution in [0.25, 0.3) is 0 Å². The van der Waals surface area contributed by atoms with E-state index in [-0.39, 0.29) is 11.3 Å². The SMILES string of the molecule is CC(C)(C)Nc1ccc(Oc2cc(F)ccc2F)cc1. The van der Waals surface area contributed by atoms with Gasteiger partial charge in [-0.1, -0.05) is 0 Å². The van der Waals surface area contributed by atoms with Gasteiger partial charge in [-0.3, -0.25) is 0 Å². The highest BCUT2D eigenvalue weighted by atomic mass is 19.1. The monoisotopic (exact) mass is 277 g/mol. The zero-order valence-electron chi connectivity index (χ0n) is 11.7. The lowest BCUT2D eigenvalue weighted by Gasteiger charge is -2.22. The molecule has 0 aromatic heterocycles. The molecule has 2 nitrogen and oxygen atoms in total. The van der Waals surface area contributed by atoms with Crippen molar-refractivity contribution in [1.82, 2.24) is 0 Å². The molecule has 0 aliphatic rings. The summed E-state index contributed by atoms with van der Waals surface area (Å²) in [5.74, 6) is -0.800. The van der Waals surface area contributed by atoms with E-state index in [4.69, 9.17) is 4.74 Å². The Kier molecular flexibility index (Phi) is 3.93. The number of benzene rings is 2. The summed E-state index contributed by atoms with van der Waals surface area (Å²) in [6.45, 7) is 6.17. The molecule has 0 heterocycles. The fraction of sp³-hybridized carbons (Fsp3) is 0.250. The first-order chi connectivity index (χ1) is 9.33. The third-order valence-corrected chi connectivity index (χ3v) is 2.49. The summed E-state index contributed by atoms with van der Waals surface area (Å²) in [4.78, 5) is 0. The van der Waals surface area contributed by atoms with Gasteiger partial charge in [-0.15, -0.1) is 0 Å². The highest BCUT2D eigenvalue weighted by Gasteiger charge is 2.10. The number of hydrogen-bond donors (Lipinski definition) is 1. The molecule has 0 aliphatic heterocycles. The first-order valence-electron chi connectivity index (χ1n) is 6.35. The van der Waals surface area contributed by atoms with Crippen molar-refractivity contribution in [2.45, 2.75) is 26.3 Å². The average Bonchev–Trinajstić information content (AvgIpc) is 2.34. The first-order valence-corrected chi connectivity index (χ1v) is 6.35. The number of nitrogens with one attached hydrogen (secondary N) is 1. The number of halogens is 2. The third kappa shape index (κ3) is 3.95. The van der Waals surface area contributed by atoms with Crippen molar-refractivity contribution in [2.75, 3.05) is 5.32 Å². The predicted octanol–water partition coefficient (Wildman–Crippen LogP) is 4.97. The lowest BCUT2D eigenvalue weighted by atomic mass is 10.1. The van der Waals surface area contributed by atoms with Crippen LogP contribution in [0.1, 0.15) is 20.8 Å². The van der Waals surface area contributed by atoms with Gasteiger partial charge >= 0.3 is 0 Å². The lowest BCUT2D eigenvalue weighted by Crippen LogP contribution is -2.25. The summed E-state index contributed by atoms with van der Waals surface area (Å²) in [5, 5.41) is 3.30. The maximum atomic E-state index is 13.5. The van der Waals surface area contributed by atoms with Crippen LogP contribution in [0.2, 0.25) is 0 Å². The zero-order valence-corrected chi connectivity index (χ0v) is 11.7. The highest BCUT2D eigenvalue weighted by Crippen LogP contribution is 2.26. The number of rotatable bonds is 3. The number of hydrogen-bond acceptors (Lipinski definition) is 2. The smallest absolute Gasteiger partial charge is 0.165 e. The van der Waals surface area contributed by atoms with Crippen molar-refractivity contribution in [2.24, 2.45) is 0 Å². The molecule has 2 aromatic rings. The van der Waals surface area contributed by atoms with Crippen molar-refractivity contribution < 1.29 is 13.5 Å². The summed E-state index contributed by atoms with van der Waals surface area (Å²) < 4.78 is 31.8. The minimum atomic E-state index is -0.594. The molecular formula is C16H17F2NO. The van der Waals surface area contributed by atoms with Gasteiger partial charge in [0.25, 0.3) is 0 Å². The van der Waals surface area contributed by atoms with E-state index in [9.17, 15) is 8.78 Å². The molecule has 0 saturated carbocycles. The van der Waals surface area contributed by atoms with E-state index in [1.165, 1.54) is 0 Å². The minimum Gasteiger partial charge on any atom is -0.454 e. The van der Waals surface area contributed by atoms with Gasteiger partial charge in [-0.2, -0.15) is 0 Å². The van der Waals surface area contributed by atoms with E-state index in [1.54, 1.807) is 12.1 Å². The van der Waals surface area contributed by atoms with Crippen molar-refractivity contribution in [3.8, 4) is 11.5 Å². The van der Waals surface area contributed by atoms with Crippen molar-refractivity contribution in [3.63, 3.8) is 0 Å². The molecule has 0 unspecified atom stereocenters. The van der Waals surface area contributed by atoms with Crippen molar-refractivity contribution in [1.29, 1.82) is 0 Å². The second-order valence-electron chi connectivity index (χ2n) is 5.58.